The van der Waals surface area contributed by atoms with Crippen molar-refractivity contribution in [1.82, 2.24) is 11.0 Å². The molecule has 0 radical (unpaired) electrons. The van der Waals surface area contributed by atoms with Gasteiger partial charge in [-0.1, -0.05) is 326 Å². The van der Waals surface area contributed by atoms with E-state index in [2.05, 4.69) is 178 Å². The summed E-state index contributed by atoms with van der Waals surface area (Å²) < 4.78 is 20.2. The van der Waals surface area contributed by atoms with E-state index in [1.165, 1.54) is 56.3 Å². The van der Waals surface area contributed by atoms with Crippen LogP contribution in [0.2, 0.25) is 0 Å². The highest BCUT2D eigenvalue weighted by Crippen LogP contribution is 2.20. The van der Waals surface area contributed by atoms with Gasteiger partial charge >= 0.3 is 0 Å². The summed E-state index contributed by atoms with van der Waals surface area (Å²) in [5.74, 6) is 9.92. The molecule has 0 spiro atoms. The average molecular weight is 1600 g/mol. The lowest BCUT2D eigenvalue weighted by Gasteiger charge is -2.20. The van der Waals surface area contributed by atoms with Crippen molar-refractivity contribution in [2.75, 3.05) is 84.6 Å². The summed E-state index contributed by atoms with van der Waals surface area (Å²) in [6.07, 6.45) is 11.8. The first-order chi connectivity index (χ1) is 52.5. The van der Waals surface area contributed by atoms with Gasteiger partial charge in [-0.3, -0.25) is 30.6 Å². The van der Waals surface area contributed by atoms with E-state index in [-0.39, 0.29) is 19.0 Å². The summed E-state index contributed by atoms with van der Waals surface area (Å²) >= 11 is 3.47. The quantitative estimate of drug-likeness (QED) is 0.206. The summed E-state index contributed by atoms with van der Waals surface area (Å²) in [7, 11) is 0. The number of aliphatic imine (C=N–C) groups is 3. The van der Waals surface area contributed by atoms with E-state index in [4.69, 9.17) is 57.6 Å². The van der Waals surface area contributed by atoms with Gasteiger partial charge in [-0.2, -0.15) is 0 Å². The molecule has 10 rings (SSSR count). The van der Waals surface area contributed by atoms with Crippen LogP contribution in [-0.2, 0) is 62.5 Å². The van der Waals surface area contributed by atoms with Crippen LogP contribution in [0.4, 0.5) is 0 Å². The van der Waals surface area contributed by atoms with Crippen LogP contribution in [0.3, 0.4) is 0 Å². The van der Waals surface area contributed by atoms with Gasteiger partial charge in [-0.15, -0.1) is 11.8 Å². The van der Waals surface area contributed by atoms with Gasteiger partial charge in [0, 0.05) is 53.5 Å². The van der Waals surface area contributed by atoms with Crippen LogP contribution >= 0.6 is 23.5 Å². The third kappa shape index (κ3) is 80.6. The van der Waals surface area contributed by atoms with Gasteiger partial charge in [-0.25, -0.2) is 4.99 Å². The van der Waals surface area contributed by atoms with Gasteiger partial charge in [0.2, 0.25) is 24.6 Å². The molecule has 0 aliphatic carbocycles. The Hall–Kier alpha value is -5.28. The molecule has 10 heterocycles. The molecular formula is C82H176N12O13S2. The van der Waals surface area contributed by atoms with Crippen LogP contribution in [0, 0.1) is 59.2 Å². The number of oxime groups is 7. The molecule has 25 nitrogen and oxygen atoms in total. The topological polar surface area (TPSA) is 268 Å². The van der Waals surface area contributed by atoms with Gasteiger partial charge < -0.3 is 52.8 Å². The highest BCUT2D eigenvalue weighted by Gasteiger charge is 2.19. The number of amidine groups is 2. The smallest absolute Gasteiger partial charge is 0.257 e. The summed E-state index contributed by atoms with van der Waals surface area (Å²) in [6.45, 7) is 89.3. The van der Waals surface area contributed by atoms with Crippen molar-refractivity contribution in [3.05, 3.63) is 0 Å². The normalized spacial score (nSPS) is 17.2. The first-order valence-corrected chi connectivity index (χ1v) is 44.0. The van der Waals surface area contributed by atoms with Crippen molar-refractivity contribution in [3.8, 4) is 0 Å². The maximum atomic E-state index is 5.16. The monoisotopic (exact) mass is 1600 g/mol. The first kappa shape index (κ1) is 125. The van der Waals surface area contributed by atoms with E-state index in [0.29, 0.717) is 117 Å². The van der Waals surface area contributed by atoms with Crippen LogP contribution in [0.25, 0.3) is 0 Å². The number of hydrogen-bond donors (Lipinski definition) is 2. The molecule has 0 bridgehead atoms. The van der Waals surface area contributed by atoms with Crippen molar-refractivity contribution in [1.29, 1.82) is 0 Å². The molecule has 0 saturated heterocycles. The van der Waals surface area contributed by atoms with Crippen molar-refractivity contribution >= 4 is 81.3 Å². The predicted octanol–water partition coefficient (Wildman–Crippen LogP) is 23.6. The number of hydrogen-bond acceptors (Lipinski definition) is 27. The summed E-state index contributed by atoms with van der Waals surface area (Å²) in [5.41, 5.74) is 8.14. The maximum absolute atomic E-state index is 5.16. The Labute approximate surface area is 680 Å². The number of thioether (sulfide) groups is 2. The predicted molar refractivity (Wildman–Crippen MR) is 477 cm³/mol. The van der Waals surface area contributed by atoms with E-state index in [0.717, 1.165) is 66.7 Å². The Morgan fingerprint density at radius 2 is 0.862 bits per heavy atom. The lowest BCUT2D eigenvalue weighted by atomic mass is 10.0. The third-order valence-corrected chi connectivity index (χ3v) is 15.0. The Morgan fingerprint density at radius 1 is 0.367 bits per heavy atom. The van der Waals surface area contributed by atoms with E-state index < -0.39 is 0 Å². The molecule has 2 N–H and O–H groups in total. The summed E-state index contributed by atoms with van der Waals surface area (Å²) in [5, 5.41) is 28.4. The van der Waals surface area contributed by atoms with Crippen molar-refractivity contribution in [3.63, 3.8) is 0 Å². The van der Waals surface area contributed by atoms with Crippen LogP contribution in [0.1, 0.15) is 322 Å². The number of hydroxylamine groups is 2. The number of nitrogens with one attached hydrogen (secondary N) is 2. The Balaban J connectivity index is -0.000000122. The molecule has 109 heavy (non-hydrogen) atoms. The molecule has 0 aromatic rings. The van der Waals surface area contributed by atoms with E-state index in [9.17, 15) is 0 Å². The molecule has 10 aliphatic rings. The average Bonchev–Trinajstić information content (AvgIpc) is 1.59. The SMILES string of the molecule is CC.CC.CC.CC.CC.CC.CC.CC.CC.CC.CC(C)C1=NCCCCC1.CC(C)C1=NCCON1.CC(C)C1=NCON1.CC(C)C1=NOCCCC1.CC(C)C1=NOCCO1.CC(C)C1=NOCCS1.CC(C)C1=NOCO1.CC(C)C1=NOCS1.CC(C)C1COC=NO1.CC(C)C1CON=CO1. The molecule has 27 heteroatoms. The fourth-order valence-corrected chi connectivity index (χ4v) is 8.48. The number of ether oxygens (including phenoxy) is 4. The maximum Gasteiger partial charge on any atom is 0.257 e. The van der Waals surface area contributed by atoms with Gasteiger partial charge in [0.05, 0.1) is 18.9 Å². The van der Waals surface area contributed by atoms with E-state index in [1.54, 1.807) is 23.5 Å². The minimum absolute atomic E-state index is 0.134. The molecular weight excluding hydrogens is 1430 g/mol. The molecule has 0 aromatic heterocycles. The minimum atomic E-state index is 0.134. The minimum Gasteiger partial charge on any atom is -0.477 e. The van der Waals surface area contributed by atoms with Crippen LogP contribution in [-0.4, -0.2) is 155 Å². The van der Waals surface area contributed by atoms with Crippen LogP contribution in [0.5, 0.6) is 0 Å². The van der Waals surface area contributed by atoms with Gasteiger partial charge in [0.15, 0.2) is 32.0 Å². The second-order valence-corrected chi connectivity index (χ2v) is 26.2. The molecule has 0 saturated carbocycles. The Bertz CT molecular complexity index is 1970. The van der Waals surface area contributed by atoms with Crippen molar-refractivity contribution in [2.24, 2.45) is 110 Å². The Kier molecular flexibility index (Phi) is 113. The zero-order chi connectivity index (χ0) is 86.2. The standard InChI is InChI=1S/C9H17N.C8H15NO.C6H12N2O.3C6H11NO2.C6H11NOS.C5H10N2O.C5H9NO2.C5H9NOS.10C2H6/c1-8(2)9-6-4-3-5-7-10-9;1-7(2)8-5-3-4-6-10-9-8;1-5(2)6-7-3-4-9-8-6;1-5(2)6-3-9-7-4-8-6;1-5(2)6-3-8-4-7-9-6;1-5(2)6-7-9-4-3-8-6;1-5(2)6-7-8-3-4-9-6;1-4(2)5-6-3-8-7-5;1-4(2)5-6-8-3-7-5;1-4(2)5-6-7-3-8-5;10*1-2/h8H,3-7H2,1-2H3;7H,3-6H2,1-2H3;5H,3-4H2,1-2H3,(H,7,8);2*4-6H,3H2,1-2H3;2*5H,3-4H2,1-2H3;4H,3H2,1-2H3,(H,6,7);2*4H,3H2,1-2H3;10*1-2H3. The molecule has 0 aromatic carbocycles. The lowest BCUT2D eigenvalue weighted by Crippen LogP contribution is -2.33. The third-order valence-electron chi connectivity index (χ3n) is 12.7. The number of nitrogens with zero attached hydrogens (tertiary/aromatic N) is 10. The first-order valence-electron chi connectivity index (χ1n) is 42.0. The molecule has 2 unspecified atom stereocenters. The van der Waals surface area contributed by atoms with E-state index in [1.807, 2.05) is 166 Å². The molecule has 0 fully saturated rings. The Morgan fingerprint density at radius 3 is 1.18 bits per heavy atom. The molecule has 10 aliphatic heterocycles. The van der Waals surface area contributed by atoms with Gasteiger partial charge in [0.25, 0.3) is 6.79 Å². The fraction of sp³-hybridized carbons (Fsp3) is 0.878. The van der Waals surface area contributed by atoms with Crippen LogP contribution < -0.4 is 11.0 Å². The molecule has 2 atom stereocenters. The highest BCUT2D eigenvalue weighted by molar-refractivity contribution is 8.14. The second-order valence-electron chi connectivity index (χ2n) is 24.2. The molecule has 0 amide bonds. The van der Waals surface area contributed by atoms with E-state index >= 15 is 0 Å². The summed E-state index contributed by atoms with van der Waals surface area (Å²) in [6, 6.07) is 0. The van der Waals surface area contributed by atoms with Crippen molar-refractivity contribution in [2.45, 2.75) is 334 Å². The zero-order valence-electron chi connectivity index (χ0n) is 77.8. The highest BCUT2D eigenvalue weighted by atomic mass is 32.2. The van der Waals surface area contributed by atoms with Gasteiger partial charge in [-0.05, 0) is 67.4 Å². The fourth-order valence-electron chi connectivity index (χ4n) is 7.01. The van der Waals surface area contributed by atoms with Crippen molar-refractivity contribution < 1.29 is 62.5 Å². The largest absolute Gasteiger partial charge is 0.477 e. The zero-order valence-corrected chi connectivity index (χ0v) is 79.5. The second kappa shape index (κ2) is 98.8. The molecule has 654 valence electrons. The number of rotatable bonds is 10. The van der Waals surface area contributed by atoms with Crippen LogP contribution in [0.15, 0.2) is 51.1 Å². The van der Waals surface area contributed by atoms with Gasteiger partial charge in [0.1, 0.15) is 54.3 Å². The summed E-state index contributed by atoms with van der Waals surface area (Å²) in [4.78, 5) is 56.4. The lowest BCUT2D eigenvalue weighted by molar-refractivity contribution is -0.0306.